The number of aliphatic hydroxyl groups is 2. The summed E-state index contributed by atoms with van der Waals surface area (Å²) in [5, 5.41) is 19.8. The second kappa shape index (κ2) is 8.27. The number of β-amino-alcohol motifs (C(OH)–C–C–N with tert-alkyl or cyclic N) is 1. The highest BCUT2D eigenvalue weighted by Crippen LogP contribution is 2.21. The first kappa shape index (κ1) is 16.9. The van der Waals surface area contributed by atoms with Gasteiger partial charge in [0.15, 0.2) is 0 Å². The molecule has 2 rings (SSSR count). The van der Waals surface area contributed by atoms with Gasteiger partial charge in [0, 0.05) is 6.54 Å². The number of likely N-dealkylation sites (tertiary alicyclic amines) is 1. The topological polar surface area (TPSA) is 86.8 Å². The molecule has 0 radical (unpaired) electrons. The second-order valence-corrected chi connectivity index (χ2v) is 6.16. The van der Waals surface area contributed by atoms with Crippen molar-refractivity contribution in [1.82, 2.24) is 4.90 Å². The van der Waals surface area contributed by atoms with Crippen molar-refractivity contribution in [1.29, 1.82) is 0 Å². The molecule has 0 saturated carbocycles. The minimum absolute atomic E-state index is 0.0461. The fraction of sp³-hybridized carbons (Fsp3) is 0.588. The molecular weight excluding hydrogens is 280 g/mol. The van der Waals surface area contributed by atoms with Crippen molar-refractivity contribution >= 4 is 5.91 Å². The van der Waals surface area contributed by atoms with Crippen LogP contribution in [0.2, 0.25) is 0 Å². The lowest BCUT2D eigenvalue weighted by atomic mass is 9.90. The van der Waals surface area contributed by atoms with Crippen molar-refractivity contribution in [2.75, 3.05) is 19.6 Å². The zero-order valence-electron chi connectivity index (χ0n) is 12.9. The monoisotopic (exact) mass is 306 g/mol. The molecule has 1 saturated heterocycles. The first-order valence-electron chi connectivity index (χ1n) is 7.98. The number of carbonyl (C=O) groups is 1. The lowest BCUT2D eigenvalue weighted by molar-refractivity contribution is -0.129. The van der Waals surface area contributed by atoms with E-state index in [4.69, 9.17) is 5.73 Å². The number of hydrogen-bond acceptors (Lipinski definition) is 4. The Morgan fingerprint density at radius 3 is 2.45 bits per heavy atom. The molecular formula is C17H26N2O3. The van der Waals surface area contributed by atoms with E-state index in [0.29, 0.717) is 6.54 Å². The highest BCUT2D eigenvalue weighted by atomic mass is 16.3. The molecule has 1 fully saturated rings. The Morgan fingerprint density at radius 1 is 1.23 bits per heavy atom. The number of benzene rings is 1. The van der Waals surface area contributed by atoms with Gasteiger partial charge in [0.1, 0.15) is 6.10 Å². The van der Waals surface area contributed by atoms with Gasteiger partial charge in [-0.3, -0.25) is 4.79 Å². The van der Waals surface area contributed by atoms with E-state index < -0.39 is 12.0 Å². The van der Waals surface area contributed by atoms with E-state index in [0.717, 1.165) is 38.8 Å². The Morgan fingerprint density at radius 2 is 1.86 bits per heavy atom. The molecule has 0 aliphatic carbocycles. The Hall–Kier alpha value is -1.43. The van der Waals surface area contributed by atoms with Crippen molar-refractivity contribution in [3.63, 3.8) is 0 Å². The molecule has 1 aliphatic rings. The van der Waals surface area contributed by atoms with E-state index in [2.05, 4.69) is 17.0 Å². The smallest absolute Gasteiger partial charge is 0.246 e. The molecule has 0 aromatic heterocycles. The molecule has 5 heteroatoms. The van der Waals surface area contributed by atoms with Crippen molar-refractivity contribution in [2.45, 2.75) is 37.9 Å². The van der Waals surface area contributed by atoms with E-state index in [1.165, 1.54) is 5.56 Å². The van der Waals surface area contributed by atoms with Gasteiger partial charge in [0.25, 0.3) is 0 Å². The standard InChI is InChI=1S/C17H26N2O3/c18-17(22)16(21)14-8-10-19(11-9-14)12-15(20)7-6-13-4-2-1-3-5-13/h1-5,14-16,20-21H,6-12H2,(H2,18,22)/t15-,16+/m1/s1. The number of rotatable bonds is 7. The molecule has 0 spiro atoms. The molecule has 1 heterocycles. The van der Waals surface area contributed by atoms with Crippen LogP contribution >= 0.6 is 0 Å². The summed E-state index contributed by atoms with van der Waals surface area (Å²) in [6, 6.07) is 10.2. The maximum Gasteiger partial charge on any atom is 0.246 e. The molecule has 5 nitrogen and oxygen atoms in total. The van der Waals surface area contributed by atoms with Gasteiger partial charge < -0.3 is 20.8 Å². The van der Waals surface area contributed by atoms with Gasteiger partial charge in [-0.1, -0.05) is 30.3 Å². The average Bonchev–Trinajstić information content (AvgIpc) is 2.54. The molecule has 122 valence electrons. The van der Waals surface area contributed by atoms with Crippen LogP contribution in [0.1, 0.15) is 24.8 Å². The number of primary amides is 1. The SMILES string of the molecule is NC(=O)[C@@H](O)C1CCN(C[C@H](O)CCc2ccccc2)CC1. The van der Waals surface area contributed by atoms with Crippen molar-refractivity contribution < 1.29 is 15.0 Å². The van der Waals surface area contributed by atoms with Crippen LogP contribution in [0.3, 0.4) is 0 Å². The first-order chi connectivity index (χ1) is 10.6. The van der Waals surface area contributed by atoms with E-state index in [-0.39, 0.29) is 12.0 Å². The van der Waals surface area contributed by atoms with Crippen LogP contribution in [0.5, 0.6) is 0 Å². The Labute approximate surface area is 131 Å². The summed E-state index contributed by atoms with van der Waals surface area (Å²) >= 11 is 0. The summed E-state index contributed by atoms with van der Waals surface area (Å²) in [4.78, 5) is 13.2. The quantitative estimate of drug-likeness (QED) is 0.686. The normalized spacial score (nSPS) is 19.7. The lowest BCUT2D eigenvalue weighted by Gasteiger charge is -2.34. The number of carbonyl (C=O) groups excluding carboxylic acids is 1. The molecule has 1 aromatic rings. The van der Waals surface area contributed by atoms with E-state index >= 15 is 0 Å². The summed E-state index contributed by atoms with van der Waals surface area (Å²) in [6.45, 7) is 2.22. The Kier molecular flexibility index (Phi) is 6.36. The van der Waals surface area contributed by atoms with Crippen LogP contribution in [0.25, 0.3) is 0 Å². The molecule has 1 amide bonds. The fourth-order valence-electron chi connectivity index (χ4n) is 3.05. The summed E-state index contributed by atoms with van der Waals surface area (Å²) < 4.78 is 0. The number of aliphatic hydroxyl groups excluding tert-OH is 2. The summed E-state index contributed by atoms with van der Waals surface area (Å²) in [6.07, 6.45) is 1.72. The predicted octanol–water partition coefficient (Wildman–Crippen LogP) is 0.538. The van der Waals surface area contributed by atoms with Gasteiger partial charge in [0.2, 0.25) is 5.91 Å². The summed E-state index contributed by atoms with van der Waals surface area (Å²) in [7, 11) is 0. The van der Waals surface area contributed by atoms with Crippen LogP contribution in [-0.4, -0.2) is 52.9 Å². The highest BCUT2D eigenvalue weighted by molar-refractivity contribution is 5.78. The van der Waals surface area contributed by atoms with E-state index in [1.54, 1.807) is 0 Å². The zero-order valence-corrected chi connectivity index (χ0v) is 12.9. The third-order valence-electron chi connectivity index (χ3n) is 4.45. The van der Waals surface area contributed by atoms with Crippen LogP contribution in [0.15, 0.2) is 30.3 Å². The fourth-order valence-corrected chi connectivity index (χ4v) is 3.05. The number of aryl methyl sites for hydroxylation is 1. The largest absolute Gasteiger partial charge is 0.392 e. The molecule has 0 bridgehead atoms. The number of piperidine rings is 1. The van der Waals surface area contributed by atoms with Gasteiger partial charge in [0.05, 0.1) is 6.10 Å². The lowest BCUT2D eigenvalue weighted by Crippen LogP contribution is -2.44. The third-order valence-corrected chi connectivity index (χ3v) is 4.45. The minimum atomic E-state index is -1.04. The molecule has 4 N–H and O–H groups in total. The van der Waals surface area contributed by atoms with Crippen LogP contribution in [0, 0.1) is 5.92 Å². The minimum Gasteiger partial charge on any atom is -0.392 e. The van der Waals surface area contributed by atoms with Crippen LogP contribution < -0.4 is 5.73 Å². The van der Waals surface area contributed by atoms with Crippen LogP contribution in [0.4, 0.5) is 0 Å². The van der Waals surface area contributed by atoms with Gasteiger partial charge in [-0.25, -0.2) is 0 Å². The molecule has 2 atom stereocenters. The number of nitrogens with two attached hydrogens (primary N) is 1. The maximum absolute atomic E-state index is 11.0. The number of hydrogen-bond donors (Lipinski definition) is 3. The Bertz CT molecular complexity index is 458. The first-order valence-corrected chi connectivity index (χ1v) is 7.98. The number of amides is 1. The second-order valence-electron chi connectivity index (χ2n) is 6.16. The van der Waals surface area contributed by atoms with Crippen molar-refractivity contribution in [3.05, 3.63) is 35.9 Å². The summed E-state index contributed by atoms with van der Waals surface area (Å²) in [5.41, 5.74) is 6.38. The average molecular weight is 306 g/mol. The van der Waals surface area contributed by atoms with Crippen molar-refractivity contribution in [2.24, 2.45) is 11.7 Å². The Balaban J connectivity index is 1.68. The van der Waals surface area contributed by atoms with E-state index in [1.807, 2.05) is 18.2 Å². The molecule has 1 aromatic carbocycles. The predicted molar refractivity (Wildman–Crippen MR) is 85.1 cm³/mol. The van der Waals surface area contributed by atoms with E-state index in [9.17, 15) is 15.0 Å². The molecule has 0 unspecified atom stereocenters. The zero-order chi connectivity index (χ0) is 15.9. The molecule has 1 aliphatic heterocycles. The van der Waals surface area contributed by atoms with Gasteiger partial charge in [-0.15, -0.1) is 0 Å². The third kappa shape index (κ3) is 5.09. The van der Waals surface area contributed by atoms with Gasteiger partial charge >= 0.3 is 0 Å². The maximum atomic E-state index is 11.0. The van der Waals surface area contributed by atoms with Crippen molar-refractivity contribution in [3.8, 4) is 0 Å². The summed E-state index contributed by atoms with van der Waals surface area (Å²) in [5.74, 6) is -0.684. The highest BCUT2D eigenvalue weighted by Gasteiger charge is 2.28. The van der Waals surface area contributed by atoms with Gasteiger partial charge in [-0.2, -0.15) is 0 Å². The molecule has 22 heavy (non-hydrogen) atoms. The van der Waals surface area contributed by atoms with Gasteiger partial charge in [-0.05, 0) is 50.3 Å². The number of nitrogens with zero attached hydrogens (tertiary/aromatic N) is 1. The van der Waals surface area contributed by atoms with Crippen LogP contribution in [-0.2, 0) is 11.2 Å².